The fourth-order valence-electron chi connectivity index (χ4n) is 1.59. The summed E-state index contributed by atoms with van der Waals surface area (Å²) in [6.45, 7) is 0.423. The number of aliphatic hydroxyl groups is 1. The molecule has 0 spiro atoms. The number of nitrogens with one attached hydrogen (secondary N) is 2. The van der Waals surface area contributed by atoms with Crippen molar-refractivity contribution in [1.29, 1.82) is 0 Å². The van der Waals surface area contributed by atoms with Gasteiger partial charge in [0.1, 0.15) is 11.9 Å². The molecule has 0 aliphatic carbocycles. The number of anilines is 1. The van der Waals surface area contributed by atoms with Gasteiger partial charge in [0.25, 0.3) is 0 Å². The molecule has 0 bridgehead atoms. The van der Waals surface area contributed by atoms with Crippen molar-refractivity contribution in [1.82, 2.24) is 15.6 Å². The highest BCUT2D eigenvalue weighted by Gasteiger charge is 2.12. The number of hydrogen-bond donors (Lipinski definition) is 3. The first kappa shape index (κ1) is 15.3. The summed E-state index contributed by atoms with van der Waals surface area (Å²) in [7, 11) is 3.83. The average Bonchev–Trinajstić information content (AvgIpc) is 3.13. The molecule has 114 valence electrons. The molecule has 2 amide bonds. The molecule has 2 aromatic heterocycles. The van der Waals surface area contributed by atoms with E-state index < -0.39 is 6.10 Å². The quantitative estimate of drug-likeness (QED) is 0.749. The van der Waals surface area contributed by atoms with Gasteiger partial charge in [0.2, 0.25) is 0 Å². The topological polar surface area (TPSA) is 90.6 Å². The summed E-state index contributed by atoms with van der Waals surface area (Å²) in [5.74, 6) is 0.422. The van der Waals surface area contributed by atoms with Crippen LogP contribution in [0.4, 0.5) is 9.93 Å². The Labute approximate surface area is 126 Å². The van der Waals surface area contributed by atoms with Gasteiger partial charge in [0.15, 0.2) is 5.13 Å². The van der Waals surface area contributed by atoms with Gasteiger partial charge in [-0.25, -0.2) is 9.78 Å². The summed E-state index contributed by atoms with van der Waals surface area (Å²) in [6, 6.07) is 2.98. The van der Waals surface area contributed by atoms with Crippen LogP contribution >= 0.6 is 11.3 Å². The van der Waals surface area contributed by atoms with E-state index in [9.17, 15) is 9.90 Å². The van der Waals surface area contributed by atoms with Gasteiger partial charge in [-0.3, -0.25) is 0 Å². The maximum atomic E-state index is 11.6. The van der Waals surface area contributed by atoms with E-state index in [1.54, 1.807) is 12.1 Å². The number of thiazole rings is 1. The Kier molecular flexibility index (Phi) is 5.18. The van der Waals surface area contributed by atoms with E-state index in [1.807, 2.05) is 24.4 Å². The Hall–Kier alpha value is -2.06. The summed E-state index contributed by atoms with van der Waals surface area (Å²) in [5, 5.41) is 17.8. The van der Waals surface area contributed by atoms with Crippen molar-refractivity contribution in [3.8, 4) is 0 Å². The number of carbonyl (C=O) groups excluding carboxylic acids is 1. The molecule has 1 unspecified atom stereocenters. The van der Waals surface area contributed by atoms with Crippen LogP contribution in [-0.4, -0.2) is 36.8 Å². The van der Waals surface area contributed by atoms with Crippen LogP contribution in [0.5, 0.6) is 0 Å². The molecule has 2 rings (SSSR count). The SMILES string of the molecule is CN(C)c1nc(CNC(=O)NCC(O)c2ccco2)cs1. The average molecular weight is 310 g/mol. The first-order valence-electron chi connectivity index (χ1n) is 6.41. The van der Waals surface area contributed by atoms with Crippen LogP contribution in [0.1, 0.15) is 17.6 Å². The summed E-state index contributed by atoms with van der Waals surface area (Å²) in [6.07, 6.45) is 0.619. The van der Waals surface area contributed by atoms with E-state index in [2.05, 4.69) is 15.6 Å². The lowest BCUT2D eigenvalue weighted by Gasteiger charge is -2.10. The lowest BCUT2D eigenvalue weighted by Crippen LogP contribution is -2.37. The highest BCUT2D eigenvalue weighted by atomic mass is 32.1. The van der Waals surface area contributed by atoms with Crippen LogP contribution in [0.15, 0.2) is 28.2 Å². The van der Waals surface area contributed by atoms with E-state index in [0.29, 0.717) is 12.3 Å². The molecule has 1 atom stereocenters. The van der Waals surface area contributed by atoms with E-state index >= 15 is 0 Å². The number of furan rings is 1. The summed E-state index contributed by atoms with van der Waals surface area (Å²) in [4.78, 5) is 17.9. The van der Waals surface area contributed by atoms with Crippen LogP contribution < -0.4 is 15.5 Å². The standard InChI is InChI=1S/C13H18N4O3S/c1-17(2)13-16-9(8-21-13)6-14-12(19)15-7-10(18)11-4-3-5-20-11/h3-5,8,10,18H,6-7H2,1-2H3,(H2,14,15,19). The van der Waals surface area contributed by atoms with E-state index in [0.717, 1.165) is 10.8 Å². The third-order valence-corrected chi connectivity index (χ3v) is 3.74. The Morgan fingerprint density at radius 2 is 2.33 bits per heavy atom. The second-order valence-corrected chi connectivity index (χ2v) is 5.45. The minimum absolute atomic E-state index is 0.0827. The third kappa shape index (κ3) is 4.47. The van der Waals surface area contributed by atoms with Gasteiger partial charge in [0.05, 0.1) is 25.0 Å². The van der Waals surface area contributed by atoms with Crippen molar-refractivity contribution < 1.29 is 14.3 Å². The molecule has 0 radical (unpaired) electrons. The van der Waals surface area contributed by atoms with Gasteiger partial charge < -0.3 is 25.1 Å². The number of rotatable bonds is 6. The molecule has 0 aliphatic rings. The molecule has 0 saturated carbocycles. The molecule has 3 N–H and O–H groups in total. The predicted octanol–water partition coefficient (Wildman–Crippen LogP) is 1.33. The van der Waals surface area contributed by atoms with Gasteiger partial charge in [-0.05, 0) is 12.1 Å². The highest BCUT2D eigenvalue weighted by Crippen LogP contribution is 2.17. The Morgan fingerprint density at radius 3 is 2.95 bits per heavy atom. The third-order valence-electron chi connectivity index (χ3n) is 2.68. The van der Waals surface area contributed by atoms with Crippen molar-refractivity contribution in [3.05, 3.63) is 35.2 Å². The second-order valence-electron chi connectivity index (χ2n) is 4.61. The van der Waals surface area contributed by atoms with Gasteiger partial charge in [-0.1, -0.05) is 0 Å². The Morgan fingerprint density at radius 1 is 1.52 bits per heavy atom. The summed E-state index contributed by atoms with van der Waals surface area (Å²) in [5.41, 5.74) is 0.797. The van der Waals surface area contributed by atoms with Crippen molar-refractivity contribution in [3.63, 3.8) is 0 Å². The zero-order valence-corrected chi connectivity index (χ0v) is 12.7. The molecule has 21 heavy (non-hydrogen) atoms. The van der Waals surface area contributed by atoms with Crippen molar-refractivity contribution in [2.75, 3.05) is 25.5 Å². The lowest BCUT2D eigenvalue weighted by molar-refractivity contribution is 0.148. The first-order chi connectivity index (χ1) is 10.1. The van der Waals surface area contributed by atoms with Gasteiger partial charge in [-0.2, -0.15) is 0 Å². The maximum Gasteiger partial charge on any atom is 0.315 e. The summed E-state index contributed by atoms with van der Waals surface area (Å²) >= 11 is 1.52. The number of carbonyl (C=O) groups is 1. The zero-order chi connectivity index (χ0) is 15.2. The number of aromatic nitrogens is 1. The molecule has 0 fully saturated rings. The van der Waals surface area contributed by atoms with Crippen LogP contribution in [0, 0.1) is 0 Å². The zero-order valence-electron chi connectivity index (χ0n) is 11.9. The first-order valence-corrected chi connectivity index (χ1v) is 7.29. The number of nitrogens with zero attached hydrogens (tertiary/aromatic N) is 2. The minimum Gasteiger partial charge on any atom is -0.467 e. The molecule has 2 aromatic rings. The van der Waals surface area contributed by atoms with Gasteiger partial charge in [-0.15, -0.1) is 11.3 Å². The maximum absolute atomic E-state index is 11.6. The predicted molar refractivity (Wildman–Crippen MR) is 80.3 cm³/mol. The van der Waals surface area contributed by atoms with Crippen LogP contribution in [0.3, 0.4) is 0 Å². The second kappa shape index (κ2) is 7.09. The molecule has 8 heteroatoms. The van der Waals surface area contributed by atoms with Crippen LogP contribution in [0.2, 0.25) is 0 Å². The molecule has 2 heterocycles. The van der Waals surface area contributed by atoms with E-state index in [4.69, 9.17) is 4.42 Å². The monoisotopic (exact) mass is 310 g/mol. The molecular weight excluding hydrogens is 292 g/mol. The van der Waals surface area contributed by atoms with Gasteiger partial charge >= 0.3 is 6.03 Å². The van der Waals surface area contributed by atoms with E-state index in [1.165, 1.54) is 17.6 Å². The molecule has 7 nitrogen and oxygen atoms in total. The molecular formula is C13H18N4O3S. The van der Waals surface area contributed by atoms with Crippen LogP contribution in [-0.2, 0) is 6.54 Å². The molecule has 0 aromatic carbocycles. The molecule has 0 saturated heterocycles. The van der Waals surface area contributed by atoms with Crippen molar-refractivity contribution in [2.24, 2.45) is 0 Å². The fraction of sp³-hybridized carbons (Fsp3) is 0.385. The highest BCUT2D eigenvalue weighted by molar-refractivity contribution is 7.13. The summed E-state index contributed by atoms with van der Waals surface area (Å²) < 4.78 is 5.05. The largest absolute Gasteiger partial charge is 0.467 e. The van der Waals surface area contributed by atoms with Crippen molar-refractivity contribution >= 4 is 22.5 Å². The lowest BCUT2D eigenvalue weighted by atomic mass is 10.3. The Bertz CT molecular complexity index is 568. The number of aliphatic hydroxyl groups excluding tert-OH is 1. The number of amides is 2. The number of hydrogen-bond acceptors (Lipinski definition) is 6. The fourth-order valence-corrected chi connectivity index (χ4v) is 2.35. The van der Waals surface area contributed by atoms with Gasteiger partial charge in [0, 0.05) is 19.5 Å². The van der Waals surface area contributed by atoms with Crippen LogP contribution in [0.25, 0.3) is 0 Å². The smallest absolute Gasteiger partial charge is 0.315 e. The van der Waals surface area contributed by atoms with Crippen molar-refractivity contribution in [2.45, 2.75) is 12.6 Å². The number of urea groups is 1. The minimum atomic E-state index is -0.856. The molecule has 0 aliphatic heterocycles. The normalized spacial score (nSPS) is 12.0. The Balaban J connectivity index is 1.72. The van der Waals surface area contributed by atoms with E-state index in [-0.39, 0.29) is 12.6 Å².